The Bertz CT molecular complexity index is 2430. The molecule has 15 nitrogen and oxygen atoms in total. The lowest BCUT2D eigenvalue weighted by Gasteiger charge is -2.31. The van der Waals surface area contributed by atoms with E-state index in [1.807, 2.05) is 48.5 Å². The van der Waals surface area contributed by atoms with Crippen LogP contribution in [0.3, 0.4) is 0 Å². The second-order valence-electron chi connectivity index (χ2n) is 19.7. The van der Waals surface area contributed by atoms with Gasteiger partial charge >= 0.3 is 18.2 Å². The number of carbonyl (C=O) groups excluding carboxylic acids is 2. The molecule has 4 aliphatic heterocycles. The highest BCUT2D eigenvalue weighted by atomic mass is 35.5. The number of rotatable bonds is 11. The smallest absolute Gasteiger partial charge is 0.410 e. The fourth-order valence-electron chi connectivity index (χ4n) is 9.25. The van der Waals surface area contributed by atoms with Crippen molar-refractivity contribution in [2.45, 2.75) is 135 Å². The molecule has 1 N–H and O–H groups in total. The molecule has 346 valence electrons. The molecule has 0 bridgehead atoms. The van der Waals surface area contributed by atoms with Gasteiger partial charge in [-0.2, -0.15) is 15.1 Å². The van der Waals surface area contributed by atoms with Gasteiger partial charge in [-0.15, -0.1) is 0 Å². The SMILES string of the molecule is CC(C)(C)OC(=O)N1CC[C@@](C)(NC(=O)OCC/C=C\c2c(Cl)cc3c(cnn3C3CCCCO3)c2-c2ncc3c(OC(C)(C)C)nc(OC[C@@]45CCCN4C[C@H](F)C5)nc3c2F)C1. The number of carbonyl (C=O) groups is 2. The van der Waals surface area contributed by atoms with E-state index in [1.165, 1.54) is 6.20 Å². The molecule has 4 fully saturated rings. The second-order valence-corrected chi connectivity index (χ2v) is 20.1. The van der Waals surface area contributed by atoms with Crippen molar-refractivity contribution in [1.29, 1.82) is 0 Å². The van der Waals surface area contributed by atoms with Crippen LogP contribution in [-0.2, 0) is 14.2 Å². The predicted octanol–water partition coefficient (Wildman–Crippen LogP) is 9.19. The van der Waals surface area contributed by atoms with Crippen molar-refractivity contribution in [1.82, 2.24) is 39.8 Å². The lowest BCUT2D eigenvalue weighted by atomic mass is 9.95. The van der Waals surface area contributed by atoms with Crippen molar-refractivity contribution in [3.05, 3.63) is 40.9 Å². The third-order valence-electron chi connectivity index (χ3n) is 12.2. The first-order chi connectivity index (χ1) is 30.3. The molecule has 4 aliphatic rings. The largest absolute Gasteiger partial charge is 0.471 e. The van der Waals surface area contributed by atoms with Gasteiger partial charge in [0.25, 0.3) is 0 Å². The molecule has 4 aromatic rings. The summed E-state index contributed by atoms with van der Waals surface area (Å²) < 4.78 is 63.5. The van der Waals surface area contributed by atoms with E-state index in [-0.39, 0.29) is 54.5 Å². The van der Waals surface area contributed by atoms with E-state index in [2.05, 4.69) is 20.2 Å². The first kappa shape index (κ1) is 45.7. The molecule has 8 rings (SSSR count). The molecular formula is C46H59ClF2N8O7. The number of benzene rings is 1. The van der Waals surface area contributed by atoms with Crippen LogP contribution in [0.2, 0.25) is 5.02 Å². The monoisotopic (exact) mass is 908 g/mol. The first-order valence-electron chi connectivity index (χ1n) is 22.3. The average molecular weight is 909 g/mol. The third kappa shape index (κ3) is 9.86. The Hall–Kier alpha value is -4.87. The molecule has 1 unspecified atom stereocenters. The maximum atomic E-state index is 17.5. The van der Waals surface area contributed by atoms with Gasteiger partial charge in [-0.3, -0.25) is 9.88 Å². The molecule has 2 amide bonds. The van der Waals surface area contributed by atoms with Crippen LogP contribution in [0.15, 0.2) is 24.5 Å². The third-order valence-corrected chi connectivity index (χ3v) is 12.5. The molecule has 18 heteroatoms. The molecule has 1 aromatic carbocycles. The molecule has 64 heavy (non-hydrogen) atoms. The molecule has 4 saturated heterocycles. The lowest BCUT2D eigenvalue weighted by Crippen LogP contribution is -2.49. The number of fused-ring (bicyclic) bond motifs is 3. The van der Waals surface area contributed by atoms with E-state index in [9.17, 15) is 14.0 Å². The second kappa shape index (κ2) is 17.8. The normalized spacial score (nSPS) is 24.2. The molecule has 0 saturated carbocycles. The van der Waals surface area contributed by atoms with Gasteiger partial charge in [-0.1, -0.05) is 23.8 Å². The number of hydrogen-bond donors (Lipinski definition) is 1. The number of nitrogens with zero attached hydrogens (tertiary/aromatic N) is 7. The molecule has 0 aliphatic carbocycles. The number of alkyl halides is 1. The van der Waals surface area contributed by atoms with Gasteiger partial charge in [0.1, 0.15) is 35.2 Å². The zero-order chi connectivity index (χ0) is 45.6. The fraction of sp³-hybridized carbons (Fsp3) is 0.609. The minimum atomic E-state index is -0.947. The predicted molar refractivity (Wildman–Crippen MR) is 238 cm³/mol. The van der Waals surface area contributed by atoms with Crippen LogP contribution in [0.4, 0.5) is 18.4 Å². The van der Waals surface area contributed by atoms with Crippen molar-refractivity contribution in [2.24, 2.45) is 0 Å². The van der Waals surface area contributed by atoms with E-state index < -0.39 is 46.5 Å². The van der Waals surface area contributed by atoms with Gasteiger partial charge in [-0.05, 0) is 106 Å². The van der Waals surface area contributed by atoms with Crippen molar-refractivity contribution < 1.29 is 42.1 Å². The van der Waals surface area contributed by atoms with Crippen LogP contribution in [0.25, 0.3) is 39.1 Å². The number of amides is 2. The number of alkyl carbamates (subject to hydrolysis) is 1. The highest BCUT2D eigenvalue weighted by molar-refractivity contribution is 6.34. The Morgan fingerprint density at radius 1 is 1.06 bits per heavy atom. The molecule has 7 heterocycles. The molecule has 3 aromatic heterocycles. The van der Waals surface area contributed by atoms with Crippen molar-refractivity contribution in [2.75, 3.05) is 46.0 Å². The van der Waals surface area contributed by atoms with Crippen LogP contribution in [-0.4, -0.2) is 121 Å². The zero-order valence-corrected chi connectivity index (χ0v) is 38.5. The van der Waals surface area contributed by atoms with E-state index in [1.54, 1.807) is 34.0 Å². The molecular weight excluding hydrogens is 850 g/mol. The number of hydrogen-bond acceptors (Lipinski definition) is 12. The van der Waals surface area contributed by atoms with Gasteiger partial charge in [0, 0.05) is 55.4 Å². The van der Waals surface area contributed by atoms with Crippen LogP contribution in [0.5, 0.6) is 11.9 Å². The molecule has 0 radical (unpaired) electrons. The Morgan fingerprint density at radius 3 is 2.62 bits per heavy atom. The summed E-state index contributed by atoms with van der Waals surface area (Å²) in [6, 6.07) is 1.70. The van der Waals surface area contributed by atoms with Crippen molar-refractivity contribution in [3.8, 4) is 23.1 Å². The number of pyridine rings is 1. The van der Waals surface area contributed by atoms with Crippen molar-refractivity contribution >= 4 is 51.7 Å². The summed E-state index contributed by atoms with van der Waals surface area (Å²) in [5, 5.41) is 8.76. The van der Waals surface area contributed by atoms with Gasteiger partial charge in [0.2, 0.25) is 5.88 Å². The van der Waals surface area contributed by atoms with Gasteiger partial charge in [0.15, 0.2) is 12.0 Å². The Balaban J connectivity index is 1.09. The standard InChI is InChI=1S/C46H59ClF2N8O7/c1-43(2,3)63-39-31-23-50-38(36(49)37(31)52-40(53-39)62-27-46-15-12-17-56(46)25-28(48)22-46)35-29(32(47)21-33-30(35)24-51-57(33)34-14-9-11-19-60-34)13-8-10-20-61-41(58)54-45(7)16-18-55(26-45)42(59)64-44(4,5)6/h8,13,21,23-24,28,34H,9-12,14-20,22,25-27H2,1-7H3,(H,54,58)/b13-8-/t28-,34?,45-,46+/m1/s1. The quantitative estimate of drug-likeness (QED) is 0.143. The highest BCUT2D eigenvalue weighted by Gasteiger charge is 2.49. The van der Waals surface area contributed by atoms with Gasteiger partial charge in [-0.25, -0.2) is 23.1 Å². The lowest BCUT2D eigenvalue weighted by molar-refractivity contribution is -0.0366. The zero-order valence-electron chi connectivity index (χ0n) is 37.8. The summed E-state index contributed by atoms with van der Waals surface area (Å²) in [7, 11) is 0. The average Bonchev–Trinajstić information content (AvgIpc) is 3.99. The van der Waals surface area contributed by atoms with Crippen LogP contribution in [0.1, 0.15) is 112 Å². The van der Waals surface area contributed by atoms with Crippen LogP contribution >= 0.6 is 11.6 Å². The Labute approximate surface area is 377 Å². The summed E-state index contributed by atoms with van der Waals surface area (Å²) in [6.07, 6.45) is 9.96. The van der Waals surface area contributed by atoms with E-state index in [4.69, 9.17) is 45.4 Å². The summed E-state index contributed by atoms with van der Waals surface area (Å²) in [4.78, 5) is 43.1. The van der Waals surface area contributed by atoms with E-state index >= 15 is 4.39 Å². The summed E-state index contributed by atoms with van der Waals surface area (Å²) in [5.41, 5.74) is -1.12. The van der Waals surface area contributed by atoms with Crippen LogP contribution in [0, 0.1) is 5.82 Å². The Morgan fingerprint density at radius 2 is 1.88 bits per heavy atom. The fourth-order valence-corrected chi connectivity index (χ4v) is 9.51. The number of halogens is 3. The minimum absolute atomic E-state index is 0.0320. The van der Waals surface area contributed by atoms with Gasteiger partial charge < -0.3 is 33.9 Å². The van der Waals surface area contributed by atoms with E-state index in [0.717, 1.165) is 38.6 Å². The van der Waals surface area contributed by atoms with Crippen molar-refractivity contribution in [3.63, 3.8) is 0 Å². The maximum absolute atomic E-state index is 17.5. The van der Waals surface area contributed by atoms with Gasteiger partial charge in [0.05, 0.1) is 39.8 Å². The van der Waals surface area contributed by atoms with E-state index in [0.29, 0.717) is 66.0 Å². The Kier molecular flexibility index (Phi) is 12.7. The first-order valence-corrected chi connectivity index (χ1v) is 22.7. The molecule has 4 atom stereocenters. The molecule has 0 spiro atoms. The number of ether oxygens (including phenoxy) is 5. The highest BCUT2D eigenvalue weighted by Crippen LogP contribution is 2.43. The summed E-state index contributed by atoms with van der Waals surface area (Å²) in [6.45, 7) is 15.5. The number of aromatic nitrogens is 5. The number of nitrogens with one attached hydrogen (secondary N) is 1. The maximum Gasteiger partial charge on any atom is 0.410 e. The topological polar surface area (TPSA) is 155 Å². The summed E-state index contributed by atoms with van der Waals surface area (Å²) >= 11 is 7.11. The number of likely N-dealkylation sites (tertiary alicyclic amines) is 1. The van der Waals surface area contributed by atoms with Crippen LogP contribution < -0.4 is 14.8 Å². The minimum Gasteiger partial charge on any atom is -0.471 e. The summed E-state index contributed by atoms with van der Waals surface area (Å²) in [5.74, 6) is -0.648.